The van der Waals surface area contributed by atoms with Gasteiger partial charge in [0, 0.05) is 34.9 Å². The van der Waals surface area contributed by atoms with Crippen molar-refractivity contribution >= 4 is 40.1 Å². The number of nitrogens with one attached hydrogen (secondary N) is 3. The Balaban J connectivity index is 1.53. The van der Waals surface area contributed by atoms with Crippen molar-refractivity contribution in [2.24, 2.45) is 4.99 Å². The minimum Gasteiger partial charge on any atom is -0.495 e. The van der Waals surface area contributed by atoms with Gasteiger partial charge in [-0.3, -0.25) is 15.1 Å². The Labute approximate surface area is 195 Å². The molecule has 1 amide bonds. The molecule has 3 aromatic carbocycles. The summed E-state index contributed by atoms with van der Waals surface area (Å²) in [5, 5.41) is 7.42. The number of aromatic nitrogens is 1. The molecule has 4 aromatic rings. The summed E-state index contributed by atoms with van der Waals surface area (Å²) in [7, 11) is 1.54. The zero-order chi connectivity index (χ0) is 23.2. The zero-order valence-electron chi connectivity index (χ0n) is 17.9. The fourth-order valence-electron chi connectivity index (χ4n) is 3.40. The Hall–Kier alpha value is -3.84. The van der Waals surface area contributed by atoms with E-state index in [-0.39, 0.29) is 5.96 Å². The van der Waals surface area contributed by atoms with E-state index < -0.39 is 11.7 Å². The summed E-state index contributed by atoms with van der Waals surface area (Å²) < 4.78 is 18.4. The number of fused-ring (bicyclic) bond motifs is 1. The molecule has 0 saturated heterocycles. The maximum Gasteiger partial charge on any atom is 0.257 e. The van der Waals surface area contributed by atoms with E-state index in [4.69, 9.17) is 16.3 Å². The molecule has 0 bridgehead atoms. The molecule has 4 rings (SSSR count). The Morgan fingerprint density at radius 1 is 1.12 bits per heavy atom. The lowest BCUT2D eigenvalue weighted by atomic mass is 10.1. The number of benzene rings is 3. The van der Waals surface area contributed by atoms with Gasteiger partial charge in [-0.15, -0.1) is 0 Å². The average molecular weight is 465 g/mol. The van der Waals surface area contributed by atoms with Crippen LogP contribution in [0.25, 0.3) is 10.9 Å². The van der Waals surface area contributed by atoms with E-state index in [0.717, 1.165) is 16.5 Å². The number of hydrogen-bond acceptors (Lipinski definition) is 3. The van der Waals surface area contributed by atoms with Gasteiger partial charge in [-0.2, -0.15) is 0 Å². The van der Waals surface area contributed by atoms with Gasteiger partial charge in [0.25, 0.3) is 5.91 Å². The van der Waals surface area contributed by atoms with Gasteiger partial charge in [0.2, 0.25) is 5.96 Å². The molecule has 0 aliphatic rings. The van der Waals surface area contributed by atoms with Crippen molar-refractivity contribution in [3.63, 3.8) is 0 Å². The van der Waals surface area contributed by atoms with Crippen LogP contribution in [0.5, 0.6) is 5.75 Å². The molecule has 0 fully saturated rings. The Morgan fingerprint density at radius 2 is 1.91 bits per heavy atom. The van der Waals surface area contributed by atoms with E-state index in [9.17, 15) is 9.18 Å². The molecule has 0 spiro atoms. The summed E-state index contributed by atoms with van der Waals surface area (Å²) in [6.07, 6.45) is 2.64. The van der Waals surface area contributed by atoms with E-state index in [1.54, 1.807) is 18.2 Å². The van der Waals surface area contributed by atoms with Gasteiger partial charge in [-0.1, -0.05) is 29.8 Å². The Bertz CT molecular complexity index is 1300. The monoisotopic (exact) mass is 464 g/mol. The molecule has 0 aliphatic heterocycles. The molecule has 0 unspecified atom stereocenters. The van der Waals surface area contributed by atoms with Crippen molar-refractivity contribution in [2.75, 3.05) is 19.0 Å². The van der Waals surface area contributed by atoms with Gasteiger partial charge in [0.05, 0.1) is 12.1 Å². The third-order valence-corrected chi connectivity index (χ3v) is 5.37. The summed E-state index contributed by atoms with van der Waals surface area (Å²) in [5.74, 6) is -0.0288. The van der Waals surface area contributed by atoms with Crippen LogP contribution in [0.4, 0.5) is 10.1 Å². The first-order valence-electron chi connectivity index (χ1n) is 10.3. The maximum absolute atomic E-state index is 13.2. The predicted octanol–water partition coefficient (Wildman–Crippen LogP) is 5.41. The minimum absolute atomic E-state index is 0.255. The quantitative estimate of drug-likeness (QED) is 0.264. The number of amides is 1. The number of anilines is 1. The van der Waals surface area contributed by atoms with Crippen LogP contribution >= 0.6 is 11.6 Å². The SMILES string of the molecule is COc1ccc(NC(=NCCc2c[nH]c3ccccc23)NC(=O)c2ccc(F)cc2)cc1Cl. The average Bonchev–Trinajstić information content (AvgIpc) is 3.23. The smallest absolute Gasteiger partial charge is 0.257 e. The molecule has 168 valence electrons. The minimum atomic E-state index is -0.412. The fourth-order valence-corrected chi connectivity index (χ4v) is 3.66. The highest BCUT2D eigenvalue weighted by atomic mass is 35.5. The van der Waals surface area contributed by atoms with Gasteiger partial charge in [0.15, 0.2) is 0 Å². The second-order valence-electron chi connectivity index (χ2n) is 7.28. The predicted molar refractivity (Wildman–Crippen MR) is 130 cm³/mol. The number of aromatic amines is 1. The first-order chi connectivity index (χ1) is 16.0. The van der Waals surface area contributed by atoms with Crippen LogP contribution in [0.15, 0.2) is 77.9 Å². The summed E-state index contributed by atoms with van der Waals surface area (Å²) in [6.45, 7) is 0.428. The van der Waals surface area contributed by atoms with Crippen molar-refractivity contribution < 1.29 is 13.9 Å². The molecular weight excluding hydrogens is 443 g/mol. The van der Waals surface area contributed by atoms with Gasteiger partial charge >= 0.3 is 0 Å². The van der Waals surface area contributed by atoms with Crippen molar-refractivity contribution in [1.29, 1.82) is 0 Å². The number of halogens is 2. The number of hydrogen-bond donors (Lipinski definition) is 3. The Morgan fingerprint density at radius 3 is 2.67 bits per heavy atom. The van der Waals surface area contributed by atoms with Crippen molar-refractivity contribution in [3.05, 3.63) is 94.9 Å². The first kappa shape index (κ1) is 22.4. The van der Waals surface area contributed by atoms with Gasteiger partial charge in [0.1, 0.15) is 11.6 Å². The number of aliphatic imine (C=N–C) groups is 1. The van der Waals surface area contributed by atoms with Crippen LogP contribution in [-0.2, 0) is 6.42 Å². The van der Waals surface area contributed by atoms with Gasteiger partial charge in [-0.25, -0.2) is 4.39 Å². The van der Waals surface area contributed by atoms with E-state index in [1.165, 1.54) is 31.4 Å². The zero-order valence-corrected chi connectivity index (χ0v) is 18.6. The summed E-state index contributed by atoms with van der Waals surface area (Å²) in [5.41, 5.74) is 3.14. The fraction of sp³-hybridized carbons (Fsp3) is 0.120. The molecule has 8 heteroatoms. The van der Waals surface area contributed by atoms with Gasteiger partial charge in [-0.05, 0) is 60.5 Å². The van der Waals surface area contributed by atoms with Crippen molar-refractivity contribution in [1.82, 2.24) is 10.3 Å². The molecule has 6 nitrogen and oxygen atoms in total. The summed E-state index contributed by atoms with van der Waals surface area (Å²) in [4.78, 5) is 20.5. The van der Waals surface area contributed by atoms with E-state index in [0.29, 0.717) is 35.0 Å². The first-order valence-corrected chi connectivity index (χ1v) is 10.7. The second kappa shape index (κ2) is 10.2. The van der Waals surface area contributed by atoms with Gasteiger partial charge < -0.3 is 15.0 Å². The molecule has 1 heterocycles. The number of H-pyrrole nitrogens is 1. The molecule has 1 aromatic heterocycles. The molecule has 0 aliphatic carbocycles. The van der Waals surface area contributed by atoms with E-state index in [2.05, 4.69) is 26.7 Å². The summed E-state index contributed by atoms with van der Waals surface area (Å²) in [6, 6.07) is 18.5. The number of rotatable bonds is 6. The standard InChI is InChI=1S/C25H22ClFN4O2/c1-33-23-11-10-19(14-21(23)26)30-25(31-24(32)16-6-8-18(27)9-7-16)28-13-12-17-15-29-22-5-3-2-4-20(17)22/h2-11,14-15,29H,12-13H2,1H3,(H2,28,30,31,32). The molecule has 3 N–H and O–H groups in total. The lowest BCUT2D eigenvalue weighted by Crippen LogP contribution is -2.36. The van der Waals surface area contributed by atoms with Crippen LogP contribution in [-0.4, -0.2) is 30.5 Å². The van der Waals surface area contributed by atoms with E-state index in [1.807, 2.05) is 24.4 Å². The summed E-state index contributed by atoms with van der Waals surface area (Å²) >= 11 is 6.23. The van der Waals surface area contributed by atoms with E-state index >= 15 is 0 Å². The largest absolute Gasteiger partial charge is 0.495 e. The lowest BCUT2D eigenvalue weighted by Gasteiger charge is -2.13. The van der Waals surface area contributed by atoms with Crippen LogP contribution in [0.1, 0.15) is 15.9 Å². The maximum atomic E-state index is 13.2. The number of carbonyl (C=O) groups is 1. The third kappa shape index (κ3) is 5.51. The Kier molecular flexibility index (Phi) is 6.90. The topological polar surface area (TPSA) is 78.5 Å². The van der Waals surface area contributed by atoms with Crippen molar-refractivity contribution in [3.8, 4) is 5.75 Å². The molecule has 0 radical (unpaired) electrons. The van der Waals surface area contributed by atoms with Crippen LogP contribution in [0, 0.1) is 5.82 Å². The lowest BCUT2D eigenvalue weighted by molar-refractivity contribution is 0.0977. The normalized spacial score (nSPS) is 11.4. The molecule has 0 saturated carbocycles. The molecule has 33 heavy (non-hydrogen) atoms. The number of guanidine groups is 1. The highest BCUT2D eigenvalue weighted by Crippen LogP contribution is 2.27. The number of para-hydroxylation sites is 1. The third-order valence-electron chi connectivity index (χ3n) is 5.08. The molecule has 0 atom stereocenters. The molecular formula is C25H22ClFN4O2. The van der Waals surface area contributed by atoms with Crippen LogP contribution < -0.4 is 15.4 Å². The number of carbonyl (C=O) groups excluding carboxylic acids is 1. The van der Waals surface area contributed by atoms with Crippen LogP contribution in [0.2, 0.25) is 5.02 Å². The highest BCUT2D eigenvalue weighted by molar-refractivity contribution is 6.32. The number of nitrogens with zero attached hydrogens (tertiary/aromatic N) is 1. The highest BCUT2D eigenvalue weighted by Gasteiger charge is 2.11. The second-order valence-corrected chi connectivity index (χ2v) is 7.68. The number of ether oxygens (including phenoxy) is 1. The van der Waals surface area contributed by atoms with Crippen LogP contribution in [0.3, 0.4) is 0 Å². The number of methoxy groups -OCH3 is 1. The van der Waals surface area contributed by atoms with Crippen molar-refractivity contribution in [2.45, 2.75) is 6.42 Å².